The second-order valence-corrected chi connectivity index (χ2v) is 5.95. The third-order valence-electron chi connectivity index (χ3n) is 4.55. The minimum absolute atomic E-state index is 0.178. The lowest BCUT2D eigenvalue weighted by atomic mass is 9.81. The summed E-state index contributed by atoms with van der Waals surface area (Å²) in [6.07, 6.45) is 1.34. The Morgan fingerprint density at radius 2 is 1.87 bits per heavy atom. The zero-order valence-electron chi connectivity index (χ0n) is 13.0. The summed E-state index contributed by atoms with van der Waals surface area (Å²) in [6, 6.07) is 18.0. The molecule has 0 saturated heterocycles. The number of hydrogen-bond donors (Lipinski definition) is 0. The number of hydrogen-bond acceptors (Lipinski definition) is 3. The molecule has 1 unspecified atom stereocenters. The molecule has 114 valence electrons. The minimum Gasteiger partial charge on any atom is -0.494 e. The molecular formula is C20H17NO2. The van der Waals surface area contributed by atoms with E-state index in [0.29, 0.717) is 6.42 Å². The number of benzene rings is 2. The van der Waals surface area contributed by atoms with Crippen molar-refractivity contribution in [2.24, 2.45) is 0 Å². The van der Waals surface area contributed by atoms with Gasteiger partial charge < -0.3 is 4.74 Å². The van der Waals surface area contributed by atoms with Crippen LogP contribution in [0.5, 0.6) is 5.75 Å². The molecule has 23 heavy (non-hydrogen) atoms. The SMILES string of the molecule is COc1cccc2cc3c(nc12)CC(c1ccccc1)CC3=O. The lowest BCUT2D eigenvalue weighted by Gasteiger charge is -2.24. The number of pyridine rings is 1. The normalized spacial score (nSPS) is 17.1. The molecule has 1 aliphatic carbocycles. The van der Waals surface area contributed by atoms with E-state index in [2.05, 4.69) is 12.1 Å². The Balaban J connectivity index is 1.83. The molecule has 0 amide bonds. The summed E-state index contributed by atoms with van der Waals surface area (Å²) in [7, 11) is 1.65. The van der Waals surface area contributed by atoms with E-state index >= 15 is 0 Å². The van der Waals surface area contributed by atoms with Gasteiger partial charge in [0.15, 0.2) is 5.78 Å². The Morgan fingerprint density at radius 3 is 2.65 bits per heavy atom. The molecule has 0 radical (unpaired) electrons. The maximum atomic E-state index is 12.6. The monoisotopic (exact) mass is 303 g/mol. The highest BCUT2D eigenvalue weighted by Gasteiger charge is 2.28. The molecule has 0 spiro atoms. The predicted octanol–water partition coefficient (Wildman–Crippen LogP) is 4.16. The summed E-state index contributed by atoms with van der Waals surface area (Å²) < 4.78 is 5.41. The molecule has 3 nitrogen and oxygen atoms in total. The van der Waals surface area contributed by atoms with Crippen LogP contribution in [0.25, 0.3) is 10.9 Å². The van der Waals surface area contributed by atoms with Gasteiger partial charge >= 0.3 is 0 Å². The van der Waals surface area contributed by atoms with E-state index in [1.807, 2.05) is 42.5 Å². The van der Waals surface area contributed by atoms with E-state index in [4.69, 9.17) is 9.72 Å². The van der Waals surface area contributed by atoms with E-state index in [-0.39, 0.29) is 11.7 Å². The first-order valence-corrected chi connectivity index (χ1v) is 7.81. The highest BCUT2D eigenvalue weighted by atomic mass is 16.5. The number of nitrogens with zero attached hydrogens (tertiary/aromatic N) is 1. The Kier molecular flexibility index (Phi) is 3.34. The van der Waals surface area contributed by atoms with Crippen LogP contribution >= 0.6 is 0 Å². The van der Waals surface area contributed by atoms with Crippen LogP contribution < -0.4 is 4.74 Å². The van der Waals surface area contributed by atoms with Crippen molar-refractivity contribution in [1.82, 2.24) is 4.98 Å². The predicted molar refractivity (Wildman–Crippen MR) is 90.1 cm³/mol. The van der Waals surface area contributed by atoms with Gasteiger partial charge in [0.1, 0.15) is 11.3 Å². The molecule has 0 bridgehead atoms. The molecule has 1 heterocycles. The quantitative estimate of drug-likeness (QED) is 0.713. The number of ketones is 1. The number of ether oxygens (including phenoxy) is 1. The minimum atomic E-state index is 0.178. The summed E-state index contributed by atoms with van der Waals surface area (Å²) in [6.45, 7) is 0. The van der Waals surface area contributed by atoms with E-state index < -0.39 is 0 Å². The van der Waals surface area contributed by atoms with Gasteiger partial charge in [-0.2, -0.15) is 0 Å². The Hall–Kier alpha value is -2.68. The van der Waals surface area contributed by atoms with Crippen LogP contribution in [-0.2, 0) is 6.42 Å². The Morgan fingerprint density at radius 1 is 1.04 bits per heavy atom. The highest BCUT2D eigenvalue weighted by molar-refractivity contribution is 6.02. The lowest BCUT2D eigenvalue weighted by molar-refractivity contribution is 0.0963. The van der Waals surface area contributed by atoms with Gasteiger partial charge in [0.2, 0.25) is 0 Å². The average molecular weight is 303 g/mol. The number of carbonyl (C=O) groups is 1. The number of carbonyl (C=O) groups excluding carboxylic acids is 1. The van der Waals surface area contributed by atoms with Gasteiger partial charge in [-0.25, -0.2) is 4.98 Å². The maximum Gasteiger partial charge on any atom is 0.165 e. The first kappa shape index (κ1) is 13.9. The van der Waals surface area contributed by atoms with Crippen molar-refractivity contribution in [3.8, 4) is 5.75 Å². The van der Waals surface area contributed by atoms with Crippen LogP contribution in [-0.4, -0.2) is 17.9 Å². The van der Waals surface area contributed by atoms with Crippen molar-refractivity contribution in [1.29, 1.82) is 0 Å². The second-order valence-electron chi connectivity index (χ2n) is 5.95. The third-order valence-corrected chi connectivity index (χ3v) is 4.55. The number of para-hydroxylation sites is 1. The number of aromatic nitrogens is 1. The van der Waals surface area contributed by atoms with Crippen LogP contribution in [0.3, 0.4) is 0 Å². The van der Waals surface area contributed by atoms with Crippen molar-refractivity contribution in [2.45, 2.75) is 18.8 Å². The fourth-order valence-electron chi connectivity index (χ4n) is 3.37. The van der Waals surface area contributed by atoms with Gasteiger partial charge in [0.05, 0.1) is 12.8 Å². The highest BCUT2D eigenvalue weighted by Crippen LogP contribution is 2.34. The van der Waals surface area contributed by atoms with Crippen molar-refractivity contribution >= 4 is 16.7 Å². The fraction of sp³-hybridized carbons (Fsp3) is 0.200. The first-order valence-electron chi connectivity index (χ1n) is 7.81. The van der Waals surface area contributed by atoms with Gasteiger partial charge in [-0.05, 0) is 30.0 Å². The zero-order valence-corrected chi connectivity index (χ0v) is 13.0. The van der Waals surface area contributed by atoms with Crippen LogP contribution in [0.4, 0.5) is 0 Å². The topological polar surface area (TPSA) is 39.2 Å². The summed E-state index contributed by atoms with van der Waals surface area (Å²) >= 11 is 0. The number of rotatable bonds is 2. The molecule has 0 saturated carbocycles. The molecule has 3 aromatic rings. The molecule has 0 fully saturated rings. The van der Waals surface area contributed by atoms with Crippen LogP contribution in [0.2, 0.25) is 0 Å². The molecule has 3 heteroatoms. The lowest BCUT2D eigenvalue weighted by Crippen LogP contribution is -2.20. The van der Waals surface area contributed by atoms with Gasteiger partial charge in [-0.1, -0.05) is 42.5 Å². The van der Waals surface area contributed by atoms with Crippen molar-refractivity contribution in [2.75, 3.05) is 7.11 Å². The largest absolute Gasteiger partial charge is 0.494 e. The van der Waals surface area contributed by atoms with E-state index in [9.17, 15) is 4.79 Å². The van der Waals surface area contributed by atoms with Crippen molar-refractivity contribution in [3.05, 3.63) is 71.4 Å². The standard InChI is InChI=1S/C20H17NO2/c1-23-19-9-5-8-14-10-16-17(21-20(14)19)11-15(12-18(16)22)13-6-3-2-4-7-13/h2-10,15H,11-12H2,1H3. The average Bonchev–Trinajstić information content (AvgIpc) is 2.60. The summed E-state index contributed by atoms with van der Waals surface area (Å²) in [5.41, 5.74) is 3.67. The molecule has 2 aromatic carbocycles. The van der Waals surface area contributed by atoms with Gasteiger partial charge in [-0.3, -0.25) is 4.79 Å². The van der Waals surface area contributed by atoms with Crippen molar-refractivity contribution in [3.63, 3.8) is 0 Å². The molecular weight excluding hydrogens is 286 g/mol. The number of methoxy groups -OCH3 is 1. The van der Waals surface area contributed by atoms with Crippen LogP contribution in [0.1, 0.15) is 34.0 Å². The zero-order chi connectivity index (χ0) is 15.8. The second kappa shape index (κ2) is 5.51. The van der Waals surface area contributed by atoms with Gasteiger partial charge in [0, 0.05) is 17.4 Å². The molecule has 1 atom stereocenters. The van der Waals surface area contributed by atoms with Crippen molar-refractivity contribution < 1.29 is 9.53 Å². The maximum absolute atomic E-state index is 12.6. The molecule has 0 N–H and O–H groups in total. The van der Waals surface area contributed by atoms with E-state index in [1.165, 1.54) is 5.56 Å². The van der Waals surface area contributed by atoms with Gasteiger partial charge in [-0.15, -0.1) is 0 Å². The summed E-state index contributed by atoms with van der Waals surface area (Å²) in [5.74, 6) is 1.13. The van der Waals surface area contributed by atoms with E-state index in [1.54, 1.807) is 7.11 Å². The van der Waals surface area contributed by atoms with Crippen LogP contribution in [0, 0.1) is 0 Å². The summed E-state index contributed by atoms with van der Waals surface area (Å²) in [4.78, 5) is 17.4. The Labute approximate surface area is 134 Å². The van der Waals surface area contributed by atoms with Gasteiger partial charge in [0.25, 0.3) is 0 Å². The summed E-state index contributed by atoms with van der Waals surface area (Å²) in [5, 5.41) is 0.953. The first-order chi connectivity index (χ1) is 11.3. The molecule has 4 rings (SSSR count). The number of Topliss-reactive ketones (excluding diaryl/α,β-unsaturated/α-hetero) is 1. The van der Waals surface area contributed by atoms with Crippen LogP contribution in [0.15, 0.2) is 54.6 Å². The fourth-order valence-corrected chi connectivity index (χ4v) is 3.37. The molecule has 1 aromatic heterocycles. The molecule has 0 aliphatic heterocycles. The molecule has 1 aliphatic rings. The third kappa shape index (κ3) is 2.38. The Bertz CT molecular complexity index is 887. The number of fused-ring (bicyclic) bond motifs is 2. The van der Waals surface area contributed by atoms with E-state index in [0.717, 1.165) is 34.3 Å². The smallest absolute Gasteiger partial charge is 0.165 e.